The quantitative estimate of drug-likeness (QED) is 0.719. The van der Waals surface area contributed by atoms with Gasteiger partial charge in [0, 0.05) is 6.54 Å². The summed E-state index contributed by atoms with van der Waals surface area (Å²) >= 11 is 0. The van der Waals surface area contributed by atoms with Crippen molar-refractivity contribution in [2.24, 2.45) is 10.1 Å². The van der Waals surface area contributed by atoms with Gasteiger partial charge >= 0.3 is 10.2 Å². The second kappa shape index (κ2) is 3.41. The van der Waals surface area contributed by atoms with Crippen LogP contribution < -0.4 is 10.0 Å². The Kier molecular flexibility index (Phi) is 2.30. The van der Waals surface area contributed by atoms with E-state index in [0.29, 0.717) is 11.4 Å². The van der Waals surface area contributed by atoms with Crippen LogP contribution in [0, 0.1) is 6.92 Å². The average molecular weight is 241 g/mol. The van der Waals surface area contributed by atoms with Gasteiger partial charge in [-0.3, -0.25) is 0 Å². The molecular formula is C8H11N5O2S. The molecule has 0 unspecified atom stereocenters. The van der Waals surface area contributed by atoms with Crippen molar-refractivity contribution in [1.82, 2.24) is 9.97 Å². The molecule has 0 radical (unpaired) electrons. The van der Waals surface area contributed by atoms with Crippen LogP contribution in [0.3, 0.4) is 0 Å². The Morgan fingerprint density at radius 2 is 2.19 bits per heavy atom. The van der Waals surface area contributed by atoms with Crippen molar-refractivity contribution in [3.8, 4) is 0 Å². The van der Waals surface area contributed by atoms with E-state index in [2.05, 4.69) is 14.4 Å². The second-order valence-electron chi connectivity index (χ2n) is 3.30. The fourth-order valence-corrected chi connectivity index (χ4v) is 2.58. The molecule has 0 atom stereocenters. The van der Waals surface area contributed by atoms with Crippen molar-refractivity contribution in [1.29, 1.82) is 0 Å². The number of nitrogens with zero attached hydrogens (tertiary/aromatic N) is 4. The first-order valence-electron chi connectivity index (χ1n) is 4.68. The standard InChI is InChI=1S/C8H11N5O2S/c1-3-13-8-6(11-5(2)4-10-8)7(9)12-16(13,14)15/h4H,3H2,1-2H3,(H2,9,12). The zero-order valence-electron chi connectivity index (χ0n) is 8.88. The molecular weight excluding hydrogens is 230 g/mol. The lowest BCUT2D eigenvalue weighted by molar-refractivity contribution is 0.592. The third kappa shape index (κ3) is 1.51. The van der Waals surface area contributed by atoms with Crippen LogP contribution in [-0.4, -0.2) is 30.8 Å². The number of anilines is 1. The van der Waals surface area contributed by atoms with Crippen LogP contribution in [0.15, 0.2) is 10.6 Å². The molecule has 1 aromatic heterocycles. The van der Waals surface area contributed by atoms with Gasteiger partial charge in [0.05, 0.1) is 11.9 Å². The van der Waals surface area contributed by atoms with Gasteiger partial charge in [0.2, 0.25) is 0 Å². The Morgan fingerprint density at radius 3 is 2.81 bits per heavy atom. The van der Waals surface area contributed by atoms with Crippen LogP contribution in [0.4, 0.5) is 5.82 Å². The molecule has 1 aliphatic rings. The number of aromatic nitrogens is 2. The molecule has 0 fully saturated rings. The van der Waals surface area contributed by atoms with Crippen molar-refractivity contribution in [3.05, 3.63) is 17.6 Å². The van der Waals surface area contributed by atoms with E-state index >= 15 is 0 Å². The number of amidine groups is 1. The normalized spacial score (nSPS) is 17.9. The molecule has 86 valence electrons. The fraction of sp³-hybridized carbons (Fsp3) is 0.375. The van der Waals surface area contributed by atoms with Crippen LogP contribution in [0.2, 0.25) is 0 Å². The van der Waals surface area contributed by atoms with E-state index in [1.54, 1.807) is 13.8 Å². The molecule has 0 bridgehead atoms. The molecule has 16 heavy (non-hydrogen) atoms. The summed E-state index contributed by atoms with van der Waals surface area (Å²) in [6.07, 6.45) is 1.50. The maximum absolute atomic E-state index is 11.7. The third-order valence-electron chi connectivity index (χ3n) is 2.13. The maximum Gasteiger partial charge on any atom is 0.347 e. The summed E-state index contributed by atoms with van der Waals surface area (Å²) in [5, 5.41) is 0. The molecule has 2 rings (SSSR count). The van der Waals surface area contributed by atoms with Crippen molar-refractivity contribution in [3.63, 3.8) is 0 Å². The minimum atomic E-state index is -3.76. The highest BCUT2D eigenvalue weighted by molar-refractivity contribution is 7.91. The highest BCUT2D eigenvalue weighted by Crippen LogP contribution is 2.24. The fourth-order valence-electron chi connectivity index (χ4n) is 1.46. The highest BCUT2D eigenvalue weighted by atomic mass is 32.2. The highest BCUT2D eigenvalue weighted by Gasteiger charge is 2.31. The van der Waals surface area contributed by atoms with E-state index in [1.807, 2.05) is 0 Å². The van der Waals surface area contributed by atoms with E-state index in [1.165, 1.54) is 6.20 Å². The van der Waals surface area contributed by atoms with Gasteiger partial charge in [-0.2, -0.15) is 8.42 Å². The van der Waals surface area contributed by atoms with Crippen LogP contribution in [0.1, 0.15) is 18.3 Å². The van der Waals surface area contributed by atoms with Gasteiger partial charge < -0.3 is 5.73 Å². The summed E-state index contributed by atoms with van der Waals surface area (Å²) in [6, 6.07) is 0. The Hall–Kier alpha value is -1.70. The summed E-state index contributed by atoms with van der Waals surface area (Å²) in [5.74, 6) is 0.122. The van der Waals surface area contributed by atoms with Crippen molar-refractivity contribution in [2.45, 2.75) is 13.8 Å². The van der Waals surface area contributed by atoms with E-state index in [4.69, 9.17) is 5.73 Å². The Balaban J connectivity index is 2.73. The lowest BCUT2D eigenvalue weighted by Crippen LogP contribution is -2.38. The average Bonchev–Trinajstić information content (AvgIpc) is 2.18. The Morgan fingerprint density at radius 1 is 1.50 bits per heavy atom. The predicted octanol–water partition coefficient (Wildman–Crippen LogP) is -0.425. The van der Waals surface area contributed by atoms with E-state index < -0.39 is 10.2 Å². The molecule has 0 saturated heterocycles. The summed E-state index contributed by atoms with van der Waals surface area (Å²) in [5.41, 5.74) is 6.53. The molecule has 0 aromatic carbocycles. The van der Waals surface area contributed by atoms with Crippen LogP contribution >= 0.6 is 0 Å². The molecule has 0 spiro atoms. The minimum Gasteiger partial charge on any atom is -0.381 e. The first-order chi connectivity index (χ1) is 7.45. The molecule has 0 amide bonds. The third-order valence-corrected chi connectivity index (χ3v) is 3.55. The summed E-state index contributed by atoms with van der Waals surface area (Å²) in [7, 11) is -3.76. The van der Waals surface area contributed by atoms with Crippen LogP contribution in [0.25, 0.3) is 0 Å². The predicted molar refractivity (Wildman–Crippen MR) is 59.4 cm³/mol. The Labute approximate surface area is 93.2 Å². The van der Waals surface area contributed by atoms with Gasteiger partial charge in [0.1, 0.15) is 5.69 Å². The molecule has 0 saturated carbocycles. The van der Waals surface area contributed by atoms with Gasteiger partial charge in [-0.25, -0.2) is 14.3 Å². The zero-order chi connectivity index (χ0) is 11.9. The largest absolute Gasteiger partial charge is 0.381 e. The molecule has 2 N–H and O–H groups in total. The molecule has 1 aliphatic heterocycles. The lowest BCUT2D eigenvalue weighted by atomic mass is 10.3. The van der Waals surface area contributed by atoms with E-state index in [0.717, 1.165) is 4.31 Å². The molecule has 7 nitrogen and oxygen atoms in total. The molecule has 0 aliphatic carbocycles. The number of hydrogen-bond acceptors (Lipinski definition) is 5. The topological polar surface area (TPSA) is 102 Å². The van der Waals surface area contributed by atoms with Crippen LogP contribution in [0.5, 0.6) is 0 Å². The van der Waals surface area contributed by atoms with Gasteiger partial charge in [0.15, 0.2) is 11.7 Å². The maximum atomic E-state index is 11.7. The first-order valence-corrected chi connectivity index (χ1v) is 6.07. The second-order valence-corrected chi connectivity index (χ2v) is 4.82. The SMILES string of the molecule is CCN1c2ncc(C)nc2C(N)=NS1(=O)=O. The van der Waals surface area contributed by atoms with Crippen LogP contribution in [-0.2, 0) is 10.2 Å². The van der Waals surface area contributed by atoms with Gasteiger partial charge in [-0.15, -0.1) is 4.40 Å². The summed E-state index contributed by atoms with van der Waals surface area (Å²) < 4.78 is 27.8. The molecule has 8 heteroatoms. The molecule has 1 aromatic rings. The zero-order valence-corrected chi connectivity index (χ0v) is 9.69. The first kappa shape index (κ1) is 10.8. The van der Waals surface area contributed by atoms with E-state index in [-0.39, 0.29) is 18.2 Å². The molecule has 2 heterocycles. The van der Waals surface area contributed by atoms with E-state index in [9.17, 15) is 8.42 Å². The number of rotatable bonds is 1. The number of hydrogen-bond donors (Lipinski definition) is 1. The van der Waals surface area contributed by atoms with Crippen molar-refractivity contribution in [2.75, 3.05) is 10.8 Å². The monoisotopic (exact) mass is 241 g/mol. The summed E-state index contributed by atoms with van der Waals surface area (Å²) in [6.45, 7) is 3.68. The number of aryl methyl sites for hydroxylation is 1. The van der Waals surface area contributed by atoms with Gasteiger partial charge in [-0.05, 0) is 13.8 Å². The smallest absolute Gasteiger partial charge is 0.347 e. The summed E-state index contributed by atoms with van der Waals surface area (Å²) in [4.78, 5) is 8.17. The minimum absolute atomic E-state index is 0.115. The lowest BCUT2D eigenvalue weighted by Gasteiger charge is -2.24. The van der Waals surface area contributed by atoms with Gasteiger partial charge in [0.25, 0.3) is 0 Å². The number of fused-ring (bicyclic) bond motifs is 1. The van der Waals surface area contributed by atoms with Gasteiger partial charge in [-0.1, -0.05) is 0 Å². The number of nitrogens with two attached hydrogens (primary N) is 1. The van der Waals surface area contributed by atoms with Crippen molar-refractivity contribution < 1.29 is 8.42 Å². The Bertz CT molecular complexity index is 566. The van der Waals surface area contributed by atoms with Crippen molar-refractivity contribution >= 4 is 21.9 Å².